The van der Waals surface area contributed by atoms with Crippen molar-refractivity contribution in [1.29, 1.82) is 0 Å². The molecule has 0 aliphatic heterocycles. The minimum absolute atomic E-state index is 0.0504. The predicted octanol–water partition coefficient (Wildman–Crippen LogP) is 2.49. The number of esters is 1. The number of nitrogens with one attached hydrogen (secondary N) is 1. The van der Waals surface area contributed by atoms with E-state index in [1.54, 1.807) is 31.4 Å². The van der Waals surface area contributed by atoms with Crippen molar-refractivity contribution in [2.75, 3.05) is 38.0 Å². The van der Waals surface area contributed by atoms with Crippen LogP contribution in [0.3, 0.4) is 0 Å². The SMILES string of the molecule is COc1ccccc1CC(=O)OCC(=O)Nc1ccc(N(C)C)cc1. The van der Waals surface area contributed by atoms with Crippen LogP contribution in [0.2, 0.25) is 0 Å². The van der Waals surface area contributed by atoms with Crippen LogP contribution in [0.25, 0.3) is 0 Å². The zero-order valence-electron chi connectivity index (χ0n) is 14.6. The van der Waals surface area contributed by atoms with E-state index in [4.69, 9.17) is 9.47 Å². The summed E-state index contributed by atoms with van der Waals surface area (Å²) in [6.07, 6.45) is 0.0504. The van der Waals surface area contributed by atoms with Gasteiger partial charge in [0.2, 0.25) is 0 Å². The highest BCUT2D eigenvalue weighted by molar-refractivity contribution is 5.93. The summed E-state index contributed by atoms with van der Waals surface area (Å²) < 4.78 is 10.2. The van der Waals surface area contributed by atoms with E-state index >= 15 is 0 Å². The van der Waals surface area contributed by atoms with Crippen molar-refractivity contribution in [2.45, 2.75) is 6.42 Å². The molecule has 0 heterocycles. The fourth-order valence-electron chi connectivity index (χ4n) is 2.24. The lowest BCUT2D eigenvalue weighted by Gasteiger charge is -2.13. The number of amides is 1. The molecule has 0 saturated heterocycles. The summed E-state index contributed by atoms with van der Waals surface area (Å²) in [5, 5.41) is 2.69. The maximum absolute atomic E-state index is 11.9. The zero-order valence-corrected chi connectivity index (χ0v) is 14.6. The number of hydrogen-bond acceptors (Lipinski definition) is 5. The Morgan fingerprint density at radius 3 is 2.36 bits per heavy atom. The van der Waals surface area contributed by atoms with Crippen molar-refractivity contribution in [1.82, 2.24) is 0 Å². The zero-order chi connectivity index (χ0) is 18.2. The Morgan fingerprint density at radius 2 is 1.72 bits per heavy atom. The smallest absolute Gasteiger partial charge is 0.310 e. The Labute approximate surface area is 147 Å². The molecule has 0 aliphatic carbocycles. The van der Waals surface area contributed by atoms with Gasteiger partial charge in [0, 0.05) is 31.0 Å². The molecule has 25 heavy (non-hydrogen) atoms. The van der Waals surface area contributed by atoms with E-state index in [-0.39, 0.29) is 18.9 Å². The van der Waals surface area contributed by atoms with Gasteiger partial charge in [0.1, 0.15) is 5.75 Å². The first-order valence-electron chi connectivity index (χ1n) is 7.84. The highest BCUT2D eigenvalue weighted by Gasteiger charge is 2.11. The van der Waals surface area contributed by atoms with Gasteiger partial charge in [-0.1, -0.05) is 18.2 Å². The van der Waals surface area contributed by atoms with Crippen molar-refractivity contribution in [3.63, 3.8) is 0 Å². The first-order valence-corrected chi connectivity index (χ1v) is 7.84. The Kier molecular flexibility index (Phi) is 6.39. The number of ether oxygens (including phenoxy) is 2. The van der Waals surface area contributed by atoms with Crippen LogP contribution in [0.5, 0.6) is 5.75 Å². The highest BCUT2D eigenvalue weighted by Crippen LogP contribution is 2.18. The molecule has 0 aromatic heterocycles. The van der Waals surface area contributed by atoms with Crippen LogP contribution in [-0.2, 0) is 20.7 Å². The number of rotatable bonds is 7. The van der Waals surface area contributed by atoms with Crippen molar-refractivity contribution in [2.24, 2.45) is 0 Å². The molecule has 6 heteroatoms. The number of para-hydroxylation sites is 1. The quantitative estimate of drug-likeness (QED) is 0.783. The first-order chi connectivity index (χ1) is 12.0. The largest absolute Gasteiger partial charge is 0.496 e. The number of carbonyl (C=O) groups excluding carboxylic acids is 2. The fourth-order valence-corrected chi connectivity index (χ4v) is 2.24. The lowest BCUT2D eigenvalue weighted by atomic mass is 10.1. The first kappa shape index (κ1) is 18.3. The minimum atomic E-state index is -0.484. The van der Waals surface area contributed by atoms with Crippen LogP contribution >= 0.6 is 0 Å². The lowest BCUT2D eigenvalue weighted by Crippen LogP contribution is -2.21. The second kappa shape index (κ2) is 8.73. The van der Waals surface area contributed by atoms with E-state index in [1.807, 2.05) is 43.3 Å². The summed E-state index contributed by atoms with van der Waals surface area (Å²) in [6, 6.07) is 14.6. The van der Waals surface area contributed by atoms with E-state index in [0.717, 1.165) is 11.3 Å². The third-order valence-electron chi connectivity index (χ3n) is 3.56. The van der Waals surface area contributed by atoms with Gasteiger partial charge in [0.05, 0.1) is 13.5 Å². The average molecular weight is 342 g/mol. The van der Waals surface area contributed by atoms with Crippen LogP contribution in [0.15, 0.2) is 48.5 Å². The van der Waals surface area contributed by atoms with Crippen LogP contribution in [0.4, 0.5) is 11.4 Å². The van der Waals surface area contributed by atoms with E-state index in [9.17, 15) is 9.59 Å². The van der Waals surface area contributed by atoms with Gasteiger partial charge in [-0.05, 0) is 30.3 Å². The van der Waals surface area contributed by atoms with Gasteiger partial charge in [0.25, 0.3) is 5.91 Å². The van der Waals surface area contributed by atoms with E-state index in [0.29, 0.717) is 11.4 Å². The van der Waals surface area contributed by atoms with Gasteiger partial charge < -0.3 is 19.7 Å². The summed E-state index contributed by atoms with van der Waals surface area (Å²) in [5.41, 5.74) is 2.40. The number of anilines is 2. The summed E-state index contributed by atoms with van der Waals surface area (Å²) in [5.74, 6) is -0.251. The molecule has 2 aromatic carbocycles. The number of methoxy groups -OCH3 is 1. The molecule has 0 spiro atoms. The molecule has 0 unspecified atom stereocenters. The standard InChI is InChI=1S/C19H22N2O4/c1-21(2)16-10-8-15(9-11-16)20-18(22)13-25-19(23)12-14-6-4-5-7-17(14)24-3/h4-11H,12-13H2,1-3H3,(H,20,22). The molecule has 0 bridgehead atoms. The minimum Gasteiger partial charge on any atom is -0.496 e. The number of hydrogen-bond donors (Lipinski definition) is 1. The molecule has 6 nitrogen and oxygen atoms in total. The molecular weight excluding hydrogens is 320 g/mol. The Balaban J connectivity index is 1.82. The fraction of sp³-hybridized carbons (Fsp3) is 0.263. The molecule has 0 atom stereocenters. The second-order valence-corrected chi connectivity index (χ2v) is 5.64. The van der Waals surface area contributed by atoms with Crippen molar-refractivity contribution in [3.8, 4) is 5.75 Å². The van der Waals surface area contributed by atoms with E-state index in [1.165, 1.54) is 0 Å². The van der Waals surface area contributed by atoms with Crippen LogP contribution in [0.1, 0.15) is 5.56 Å². The highest BCUT2D eigenvalue weighted by atomic mass is 16.5. The van der Waals surface area contributed by atoms with Crippen LogP contribution in [0, 0.1) is 0 Å². The Bertz CT molecular complexity index is 726. The maximum Gasteiger partial charge on any atom is 0.310 e. The van der Waals surface area contributed by atoms with Crippen molar-refractivity contribution in [3.05, 3.63) is 54.1 Å². The maximum atomic E-state index is 11.9. The van der Waals surface area contributed by atoms with Gasteiger partial charge in [-0.2, -0.15) is 0 Å². The third kappa shape index (κ3) is 5.53. The number of nitrogens with zero attached hydrogens (tertiary/aromatic N) is 1. The summed E-state index contributed by atoms with van der Waals surface area (Å²) in [4.78, 5) is 25.7. The van der Waals surface area contributed by atoms with Gasteiger partial charge in [-0.15, -0.1) is 0 Å². The van der Waals surface area contributed by atoms with Gasteiger partial charge in [0.15, 0.2) is 6.61 Å². The Morgan fingerprint density at radius 1 is 1.04 bits per heavy atom. The van der Waals surface area contributed by atoms with Crippen molar-refractivity contribution < 1.29 is 19.1 Å². The van der Waals surface area contributed by atoms with E-state index in [2.05, 4.69) is 5.32 Å². The summed E-state index contributed by atoms with van der Waals surface area (Å²) in [6.45, 7) is -0.330. The summed E-state index contributed by atoms with van der Waals surface area (Å²) in [7, 11) is 5.42. The molecule has 2 aromatic rings. The molecule has 1 N–H and O–H groups in total. The number of carbonyl (C=O) groups is 2. The van der Waals surface area contributed by atoms with Crippen molar-refractivity contribution >= 4 is 23.3 Å². The number of benzene rings is 2. The predicted molar refractivity (Wildman–Crippen MR) is 97.1 cm³/mol. The molecule has 0 saturated carbocycles. The van der Waals surface area contributed by atoms with E-state index < -0.39 is 5.97 Å². The van der Waals surface area contributed by atoms with Gasteiger partial charge in [-0.3, -0.25) is 9.59 Å². The molecule has 132 valence electrons. The molecule has 2 rings (SSSR count). The molecule has 1 amide bonds. The molecule has 0 fully saturated rings. The molecular formula is C19H22N2O4. The third-order valence-corrected chi connectivity index (χ3v) is 3.56. The molecule has 0 aliphatic rings. The summed E-state index contributed by atoms with van der Waals surface area (Å²) >= 11 is 0. The van der Waals surface area contributed by atoms with Crippen LogP contribution in [-0.4, -0.2) is 39.7 Å². The van der Waals surface area contributed by atoms with Crippen LogP contribution < -0.4 is 15.0 Å². The van der Waals surface area contributed by atoms with Gasteiger partial charge >= 0.3 is 5.97 Å². The monoisotopic (exact) mass is 342 g/mol. The second-order valence-electron chi connectivity index (χ2n) is 5.64. The lowest BCUT2D eigenvalue weighted by molar-refractivity contribution is -0.146. The van der Waals surface area contributed by atoms with Gasteiger partial charge in [-0.25, -0.2) is 0 Å². The topological polar surface area (TPSA) is 67.9 Å². The average Bonchev–Trinajstić information content (AvgIpc) is 2.61. The normalized spacial score (nSPS) is 10.0. The molecule has 0 radical (unpaired) electrons. The Hall–Kier alpha value is -3.02.